The second-order valence-electron chi connectivity index (χ2n) is 5.91. The summed E-state index contributed by atoms with van der Waals surface area (Å²) >= 11 is 6.05. The van der Waals surface area contributed by atoms with Crippen LogP contribution in [0.3, 0.4) is 0 Å². The van der Waals surface area contributed by atoms with Gasteiger partial charge in [-0.25, -0.2) is 4.79 Å². The van der Waals surface area contributed by atoms with E-state index >= 15 is 0 Å². The van der Waals surface area contributed by atoms with Crippen molar-refractivity contribution in [2.24, 2.45) is 0 Å². The second-order valence-corrected chi connectivity index (χ2v) is 6.31. The number of piperidine rings is 1. The van der Waals surface area contributed by atoms with Gasteiger partial charge in [0.1, 0.15) is 0 Å². The lowest BCUT2D eigenvalue weighted by Gasteiger charge is -2.36. The average Bonchev–Trinajstić information content (AvgIpc) is 3.00. The zero-order chi connectivity index (χ0) is 16.4. The van der Waals surface area contributed by atoms with E-state index in [1.165, 1.54) is 0 Å². The fourth-order valence-corrected chi connectivity index (χ4v) is 3.47. The van der Waals surface area contributed by atoms with Crippen molar-refractivity contribution in [2.45, 2.75) is 25.0 Å². The summed E-state index contributed by atoms with van der Waals surface area (Å²) in [6.07, 6.45) is 0.221. The summed E-state index contributed by atoms with van der Waals surface area (Å²) in [5.41, 5.74) is 0.431. The molecular weight excluding hydrogens is 318 g/mol. The highest BCUT2D eigenvalue weighted by Crippen LogP contribution is 2.26. The molecule has 2 aliphatic rings. The first kappa shape index (κ1) is 16.1. The van der Waals surface area contributed by atoms with E-state index in [1.807, 2.05) is 4.90 Å². The number of hydrogen-bond donors (Lipinski definition) is 2. The molecule has 1 aromatic rings. The van der Waals surface area contributed by atoms with E-state index in [4.69, 9.17) is 11.6 Å². The van der Waals surface area contributed by atoms with E-state index in [0.717, 1.165) is 19.4 Å². The van der Waals surface area contributed by atoms with Crippen molar-refractivity contribution in [3.05, 3.63) is 34.9 Å². The highest BCUT2D eigenvalue weighted by Gasteiger charge is 2.33. The SMILES string of the molecule is O=C([C@H](O)c1ccccc1Cl)N1CCC(N2CCNC2=O)CC1. The van der Waals surface area contributed by atoms with Gasteiger partial charge in [0, 0.05) is 42.8 Å². The van der Waals surface area contributed by atoms with Gasteiger partial charge in [0.15, 0.2) is 6.10 Å². The minimum Gasteiger partial charge on any atom is -0.378 e. The van der Waals surface area contributed by atoms with Crippen molar-refractivity contribution in [1.29, 1.82) is 0 Å². The Bertz CT molecular complexity index is 602. The zero-order valence-electron chi connectivity index (χ0n) is 12.7. The van der Waals surface area contributed by atoms with E-state index in [9.17, 15) is 14.7 Å². The highest BCUT2D eigenvalue weighted by molar-refractivity contribution is 6.31. The molecule has 2 saturated heterocycles. The number of carbonyl (C=O) groups is 2. The van der Waals surface area contributed by atoms with Crippen molar-refractivity contribution in [1.82, 2.24) is 15.1 Å². The highest BCUT2D eigenvalue weighted by atomic mass is 35.5. The Balaban J connectivity index is 1.60. The first-order valence-electron chi connectivity index (χ1n) is 7.83. The molecule has 0 aliphatic carbocycles. The fraction of sp³-hybridized carbons (Fsp3) is 0.500. The van der Waals surface area contributed by atoms with Crippen molar-refractivity contribution in [3.8, 4) is 0 Å². The van der Waals surface area contributed by atoms with E-state index in [1.54, 1.807) is 29.2 Å². The largest absolute Gasteiger partial charge is 0.378 e. The standard InChI is InChI=1S/C16H20ClN3O3/c17-13-4-2-1-3-12(13)14(21)15(22)19-8-5-11(6-9-19)20-10-7-18-16(20)23/h1-4,11,14,21H,5-10H2,(H,18,23)/t14-/m1/s1. The Labute approximate surface area is 140 Å². The van der Waals surface area contributed by atoms with Gasteiger partial charge in [-0.3, -0.25) is 4.79 Å². The summed E-state index contributed by atoms with van der Waals surface area (Å²) < 4.78 is 0. The molecule has 2 aliphatic heterocycles. The minimum absolute atomic E-state index is 0.0223. The summed E-state index contributed by atoms with van der Waals surface area (Å²) in [6.45, 7) is 2.48. The van der Waals surface area contributed by atoms with E-state index in [-0.39, 0.29) is 18.0 Å². The number of halogens is 1. The molecule has 3 amide bonds. The number of rotatable bonds is 3. The first-order chi connectivity index (χ1) is 11.1. The third-order valence-electron chi connectivity index (χ3n) is 4.54. The van der Waals surface area contributed by atoms with Gasteiger partial charge in [-0.15, -0.1) is 0 Å². The molecule has 0 aromatic heterocycles. The van der Waals surface area contributed by atoms with Gasteiger partial charge >= 0.3 is 6.03 Å². The molecule has 2 N–H and O–H groups in total. The van der Waals surface area contributed by atoms with Crippen LogP contribution in [-0.4, -0.2) is 59.1 Å². The maximum atomic E-state index is 12.5. The predicted octanol–water partition coefficient (Wildman–Crippen LogP) is 1.39. The quantitative estimate of drug-likeness (QED) is 0.875. The number of aliphatic hydroxyl groups excluding tert-OH is 1. The molecule has 23 heavy (non-hydrogen) atoms. The molecule has 0 spiro atoms. The first-order valence-corrected chi connectivity index (χ1v) is 8.21. The number of amides is 3. The van der Waals surface area contributed by atoms with Gasteiger partial charge in [-0.2, -0.15) is 0 Å². The van der Waals surface area contributed by atoms with Crippen LogP contribution in [0.5, 0.6) is 0 Å². The predicted molar refractivity (Wildman–Crippen MR) is 86.1 cm³/mol. The molecular formula is C16H20ClN3O3. The van der Waals surface area contributed by atoms with Crippen LogP contribution in [0.15, 0.2) is 24.3 Å². The Kier molecular flexibility index (Phi) is 4.73. The number of likely N-dealkylation sites (tertiary alicyclic amines) is 1. The topological polar surface area (TPSA) is 72.9 Å². The van der Waals surface area contributed by atoms with Gasteiger partial charge in [0.2, 0.25) is 0 Å². The molecule has 0 radical (unpaired) electrons. The summed E-state index contributed by atoms with van der Waals surface area (Å²) in [5, 5.41) is 13.5. The molecule has 124 valence electrons. The Hall–Kier alpha value is -1.79. The van der Waals surface area contributed by atoms with Crippen LogP contribution in [0.4, 0.5) is 4.79 Å². The van der Waals surface area contributed by atoms with Gasteiger partial charge in [0.05, 0.1) is 0 Å². The van der Waals surface area contributed by atoms with Gasteiger partial charge < -0.3 is 20.2 Å². The summed E-state index contributed by atoms with van der Waals surface area (Å²) in [4.78, 5) is 27.7. The van der Waals surface area contributed by atoms with Crippen molar-refractivity contribution < 1.29 is 14.7 Å². The average molecular weight is 338 g/mol. The smallest absolute Gasteiger partial charge is 0.317 e. The summed E-state index contributed by atoms with van der Waals surface area (Å²) in [7, 11) is 0. The lowest BCUT2D eigenvalue weighted by atomic mass is 10.0. The molecule has 7 heteroatoms. The van der Waals surface area contributed by atoms with Crippen LogP contribution in [0.1, 0.15) is 24.5 Å². The lowest BCUT2D eigenvalue weighted by molar-refractivity contribution is -0.142. The second kappa shape index (κ2) is 6.76. The monoisotopic (exact) mass is 337 g/mol. The van der Waals surface area contributed by atoms with Gasteiger partial charge in [-0.1, -0.05) is 29.8 Å². The number of hydrogen-bond acceptors (Lipinski definition) is 3. The zero-order valence-corrected chi connectivity index (χ0v) is 13.5. The Morgan fingerprint density at radius 3 is 2.57 bits per heavy atom. The van der Waals surface area contributed by atoms with Gasteiger partial charge in [0.25, 0.3) is 5.91 Å². The number of benzene rings is 1. The molecule has 3 rings (SSSR count). The molecule has 0 saturated carbocycles. The van der Waals surface area contributed by atoms with Crippen LogP contribution in [-0.2, 0) is 4.79 Å². The lowest BCUT2D eigenvalue weighted by Crippen LogP contribution is -2.48. The van der Waals surface area contributed by atoms with Crippen molar-refractivity contribution in [3.63, 3.8) is 0 Å². The molecule has 1 aromatic carbocycles. The molecule has 1 atom stereocenters. The molecule has 2 fully saturated rings. The number of carbonyl (C=O) groups excluding carboxylic acids is 2. The van der Waals surface area contributed by atoms with Crippen molar-refractivity contribution >= 4 is 23.5 Å². The number of urea groups is 1. The Morgan fingerprint density at radius 2 is 1.96 bits per heavy atom. The van der Waals surface area contributed by atoms with E-state index < -0.39 is 6.10 Å². The maximum Gasteiger partial charge on any atom is 0.317 e. The number of nitrogens with zero attached hydrogens (tertiary/aromatic N) is 2. The number of nitrogens with one attached hydrogen (secondary N) is 1. The molecule has 6 nitrogen and oxygen atoms in total. The minimum atomic E-state index is -1.24. The van der Waals surface area contributed by atoms with Crippen LogP contribution >= 0.6 is 11.6 Å². The molecule has 2 heterocycles. The summed E-state index contributed by atoms with van der Waals surface area (Å²) in [6, 6.07) is 6.97. The maximum absolute atomic E-state index is 12.5. The van der Waals surface area contributed by atoms with Crippen LogP contribution < -0.4 is 5.32 Å². The summed E-state index contributed by atoms with van der Waals surface area (Å²) in [5.74, 6) is -0.331. The molecule has 0 bridgehead atoms. The number of aliphatic hydroxyl groups is 1. The van der Waals surface area contributed by atoms with E-state index in [0.29, 0.717) is 30.2 Å². The van der Waals surface area contributed by atoms with Gasteiger partial charge in [-0.05, 0) is 18.9 Å². The third kappa shape index (κ3) is 3.28. The third-order valence-corrected chi connectivity index (χ3v) is 4.88. The molecule has 0 unspecified atom stereocenters. The fourth-order valence-electron chi connectivity index (χ4n) is 3.24. The Morgan fingerprint density at radius 1 is 1.26 bits per heavy atom. The van der Waals surface area contributed by atoms with E-state index in [2.05, 4.69) is 5.32 Å². The normalized spacial score (nSPS) is 20.5. The van der Waals surface area contributed by atoms with Crippen LogP contribution in [0.2, 0.25) is 5.02 Å². The van der Waals surface area contributed by atoms with Crippen LogP contribution in [0.25, 0.3) is 0 Å². The van der Waals surface area contributed by atoms with Crippen LogP contribution in [0, 0.1) is 0 Å². The van der Waals surface area contributed by atoms with Crippen molar-refractivity contribution in [2.75, 3.05) is 26.2 Å².